The first-order valence-electron chi connectivity index (χ1n) is 6.31. The molecule has 0 fully saturated rings. The third kappa shape index (κ3) is 3.56. The summed E-state index contributed by atoms with van der Waals surface area (Å²) in [6, 6.07) is 17.6. The van der Waals surface area contributed by atoms with E-state index >= 15 is 0 Å². The number of carboxylic acids is 1. The van der Waals surface area contributed by atoms with Crippen LogP contribution in [0.4, 0.5) is 5.69 Å². The maximum Gasteiger partial charge on any atom is 0.402 e. The van der Waals surface area contributed by atoms with Crippen LogP contribution in [0.15, 0.2) is 60.7 Å². The molecule has 2 aromatic carbocycles. The lowest BCUT2D eigenvalue weighted by Crippen LogP contribution is -2.46. The molecule has 0 aliphatic carbocycles. The number of hydrogen-bond donors (Lipinski definition) is 1. The molecule has 0 aliphatic rings. The summed E-state index contributed by atoms with van der Waals surface area (Å²) >= 11 is 0. The molecule has 6 heteroatoms. The first-order valence-corrected chi connectivity index (χ1v) is 6.31. The average Bonchev–Trinajstić information content (AvgIpc) is 2.48. The minimum absolute atomic E-state index is 0.142. The van der Waals surface area contributed by atoms with E-state index in [4.69, 9.17) is 0 Å². The second kappa shape index (κ2) is 6.51. The van der Waals surface area contributed by atoms with Crippen molar-refractivity contribution in [1.82, 2.24) is 0 Å². The van der Waals surface area contributed by atoms with Crippen LogP contribution in [-0.2, 0) is 11.3 Å². The van der Waals surface area contributed by atoms with Crippen LogP contribution in [0.5, 0.6) is 0 Å². The molecule has 0 saturated heterocycles. The van der Waals surface area contributed by atoms with E-state index in [2.05, 4.69) is 0 Å². The first-order chi connectivity index (χ1) is 10.1. The van der Waals surface area contributed by atoms with Gasteiger partial charge in [-0.25, -0.2) is 4.79 Å². The van der Waals surface area contributed by atoms with E-state index in [9.17, 15) is 20.0 Å². The predicted molar refractivity (Wildman–Crippen MR) is 77.5 cm³/mol. The number of hydrogen-bond acceptors (Lipinski definition) is 4. The Bertz CT molecular complexity index is 602. The Balaban J connectivity index is 2.39. The van der Waals surface area contributed by atoms with Crippen LogP contribution in [0.25, 0.3) is 0 Å². The summed E-state index contributed by atoms with van der Waals surface area (Å²) in [7, 11) is 0. The highest BCUT2D eigenvalue weighted by Crippen LogP contribution is 2.20. The molecule has 108 valence electrons. The maximum absolute atomic E-state index is 11.3. The van der Waals surface area contributed by atoms with Gasteiger partial charge in [0.1, 0.15) is 0 Å². The molecule has 2 aromatic rings. The van der Waals surface area contributed by atoms with Crippen molar-refractivity contribution in [2.45, 2.75) is 12.7 Å². The third-order valence-electron chi connectivity index (χ3n) is 3.00. The van der Waals surface area contributed by atoms with E-state index in [-0.39, 0.29) is 6.54 Å². The first kappa shape index (κ1) is 14.5. The number of anilines is 1. The highest BCUT2D eigenvalue weighted by molar-refractivity contribution is 5.76. The predicted octanol–water partition coefficient (Wildman–Crippen LogP) is 2.38. The Morgan fingerprint density at radius 3 is 2.10 bits per heavy atom. The second-order valence-corrected chi connectivity index (χ2v) is 4.45. The van der Waals surface area contributed by atoms with Crippen molar-refractivity contribution in [2.75, 3.05) is 4.90 Å². The molecule has 0 saturated carbocycles. The molecule has 6 nitrogen and oxygen atoms in total. The fourth-order valence-corrected chi connectivity index (χ4v) is 2.06. The Kier molecular flexibility index (Phi) is 4.50. The van der Waals surface area contributed by atoms with Crippen molar-refractivity contribution in [3.05, 3.63) is 76.3 Å². The zero-order chi connectivity index (χ0) is 15.2. The SMILES string of the molecule is O=C(O)C(N(Cc1ccccc1)c1ccccc1)[N+](=O)[O-]. The Labute approximate surface area is 121 Å². The lowest BCUT2D eigenvalue weighted by molar-refractivity contribution is -0.509. The van der Waals surface area contributed by atoms with Gasteiger partial charge in [0.2, 0.25) is 0 Å². The summed E-state index contributed by atoms with van der Waals surface area (Å²) in [4.78, 5) is 22.9. The fraction of sp³-hybridized carbons (Fsp3) is 0.133. The van der Waals surface area contributed by atoms with Crippen LogP contribution in [-0.4, -0.2) is 22.2 Å². The van der Waals surface area contributed by atoms with E-state index in [1.165, 1.54) is 4.90 Å². The van der Waals surface area contributed by atoms with Crippen molar-refractivity contribution in [2.24, 2.45) is 0 Å². The average molecular weight is 286 g/mol. The summed E-state index contributed by atoms with van der Waals surface area (Å²) in [6.45, 7) is 0.142. The second-order valence-electron chi connectivity index (χ2n) is 4.45. The minimum atomic E-state index is -1.83. The molecular weight excluding hydrogens is 272 g/mol. The summed E-state index contributed by atoms with van der Waals surface area (Å²) in [6.07, 6.45) is -1.83. The van der Waals surface area contributed by atoms with E-state index in [1.54, 1.807) is 54.6 Å². The lowest BCUT2D eigenvalue weighted by atomic mass is 10.2. The zero-order valence-corrected chi connectivity index (χ0v) is 11.1. The molecule has 0 heterocycles. The Hall–Kier alpha value is -2.89. The summed E-state index contributed by atoms with van der Waals surface area (Å²) in [5.74, 6) is -1.49. The van der Waals surface area contributed by atoms with Crippen LogP contribution >= 0.6 is 0 Å². The number of nitro groups is 1. The van der Waals surface area contributed by atoms with E-state index in [0.717, 1.165) is 5.56 Å². The molecule has 1 unspecified atom stereocenters. The summed E-state index contributed by atoms with van der Waals surface area (Å²) in [5.41, 5.74) is 1.29. The van der Waals surface area contributed by atoms with Gasteiger partial charge in [-0.1, -0.05) is 48.5 Å². The van der Waals surface area contributed by atoms with Gasteiger partial charge in [-0.2, -0.15) is 0 Å². The van der Waals surface area contributed by atoms with Crippen molar-refractivity contribution in [3.8, 4) is 0 Å². The van der Waals surface area contributed by atoms with Gasteiger partial charge in [0.25, 0.3) is 0 Å². The van der Waals surface area contributed by atoms with Crippen LogP contribution in [0.3, 0.4) is 0 Å². The highest BCUT2D eigenvalue weighted by atomic mass is 16.6. The molecule has 0 spiro atoms. The van der Waals surface area contributed by atoms with Gasteiger partial charge in [-0.15, -0.1) is 0 Å². The van der Waals surface area contributed by atoms with Gasteiger partial charge in [-0.3, -0.25) is 15.0 Å². The monoisotopic (exact) mass is 286 g/mol. The topological polar surface area (TPSA) is 83.7 Å². The molecule has 2 rings (SSSR count). The molecule has 0 aliphatic heterocycles. The van der Waals surface area contributed by atoms with Crippen molar-refractivity contribution in [1.29, 1.82) is 0 Å². The highest BCUT2D eigenvalue weighted by Gasteiger charge is 2.36. The smallest absolute Gasteiger partial charge is 0.402 e. The molecule has 0 aromatic heterocycles. The van der Waals surface area contributed by atoms with Crippen molar-refractivity contribution in [3.63, 3.8) is 0 Å². The molecule has 0 radical (unpaired) electrons. The number of benzene rings is 2. The fourth-order valence-electron chi connectivity index (χ4n) is 2.06. The largest absolute Gasteiger partial charge is 0.475 e. The molecule has 0 bridgehead atoms. The molecule has 21 heavy (non-hydrogen) atoms. The Morgan fingerprint density at radius 1 is 1.10 bits per heavy atom. The van der Waals surface area contributed by atoms with Gasteiger partial charge in [0, 0.05) is 12.2 Å². The normalized spacial score (nSPS) is 11.6. The van der Waals surface area contributed by atoms with Gasteiger partial charge >= 0.3 is 12.1 Å². The van der Waals surface area contributed by atoms with Crippen LogP contribution in [0.1, 0.15) is 5.56 Å². The lowest BCUT2D eigenvalue weighted by Gasteiger charge is -2.25. The van der Waals surface area contributed by atoms with Crippen LogP contribution < -0.4 is 4.90 Å². The van der Waals surface area contributed by atoms with E-state index in [0.29, 0.717) is 5.69 Å². The molecule has 0 amide bonds. The number of carboxylic acid groups (broad SMARTS) is 1. The number of para-hydroxylation sites is 1. The van der Waals surface area contributed by atoms with Gasteiger partial charge < -0.3 is 5.11 Å². The van der Waals surface area contributed by atoms with Crippen molar-refractivity contribution >= 4 is 11.7 Å². The molecular formula is C15H14N2O4. The molecule has 1 atom stereocenters. The zero-order valence-electron chi connectivity index (χ0n) is 11.1. The standard InChI is InChI=1S/C15H14N2O4/c18-15(19)14(17(20)21)16(13-9-5-2-6-10-13)11-12-7-3-1-4-8-12/h1-10,14H,11H2,(H,18,19). The van der Waals surface area contributed by atoms with E-state index < -0.39 is 17.1 Å². The van der Waals surface area contributed by atoms with Crippen LogP contribution in [0.2, 0.25) is 0 Å². The van der Waals surface area contributed by atoms with Crippen molar-refractivity contribution < 1.29 is 14.8 Å². The molecule has 1 N–H and O–H groups in total. The number of carbonyl (C=O) groups is 1. The number of rotatable bonds is 6. The van der Waals surface area contributed by atoms with E-state index in [1.807, 2.05) is 6.07 Å². The van der Waals surface area contributed by atoms with Gasteiger partial charge in [-0.05, 0) is 17.7 Å². The van der Waals surface area contributed by atoms with Crippen LogP contribution in [0, 0.1) is 10.1 Å². The quantitative estimate of drug-likeness (QED) is 0.500. The minimum Gasteiger partial charge on any atom is -0.475 e. The number of aliphatic carboxylic acids is 1. The summed E-state index contributed by atoms with van der Waals surface area (Å²) in [5, 5.41) is 20.3. The maximum atomic E-state index is 11.3. The summed E-state index contributed by atoms with van der Waals surface area (Å²) < 4.78 is 0. The number of nitrogens with zero attached hydrogens (tertiary/aromatic N) is 2. The third-order valence-corrected chi connectivity index (χ3v) is 3.00. The Morgan fingerprint density at radius 2 is 1.62 bits per heavy atom. The van der Waals surface area contributed by atoms with Gasteiger partial charge in [0.15, 0.2) is 0 Å². The van der Waals surface area contributed by atoms with Gasteiger partial charge in [0.05, 0.1) is 4.92 Å².